The fraction of sp³-hybridized carbons (Fsp3) is 0.552. The van der Waals surface area contributed by atoms with Crippen LogP contribution in [0.5, 0.6) is 5.75 Å². The van der Waals surface area contributed by atoms with Gasteiger partial charge in [0.05, 0.1) is 23.0 Å². The Hall–Kier alpha value is -2.37. The zero-order valence-electron chi connectivity index (χ0n) is 22.2. The fourth-order valence-electron chi connectivity index (χ4n) is 6.29. The third kappa shape index (κ3) is 6.22. The number of sulfonamides is 1. The second-order valence-electron chi connectivity index (χ2n) is 11.8. The van der Waals surface area contributed by atoms with Crippen LogP contribution in [-0.4, -0.2) is 43.2 Å². The Kier molecular flexibility index (Phi) is 7.51. The Balaban J connectivity index is 1.11. The molecule has 0 aromatic heterocycles. The van der Waals surface area contributed by atoms with Crippen molar-refractivity contribution in [2.24, 2.45) is 5.92 Å². The van der Waals surface area contributed by atoms with Crippen LogP contribution in [0.25, 0.3) is 0 Å². The van der Waals surface area contributed by atoms with Crippen LogP contribution in [0.15, 0.2) is 30.3 Å². The first kappa shape index (κ1) is 28.7. The minimum absolute atomic E-state index is 0.132. The number of nitrogens with one attached hydrogen (secondary N) is 1. The van der Waals surface area contributed by atoms with E-state index in [0.717, 1.165) is 50.7 Å². The summed E-state index contributed by atoms with van der Waals surface area (Å²) in [6, 6.07) is 6.42. The highest BCUT2D eigenvalue weighted by Gasteiger charge is 2.42. The number of carbonyl (C=O) groups is 1. The van der Waals surface area contributed by atoms with Gasteiger partial charge in [0.2, 0.25) is 10.0 Å². The Bertz CT molecular complexity index is 1450. The maximum Gasteiger partial charge on any atom is 0.416 e. The van der Waals surface area contributed by atoms with Crippen molar-refractivity contribution in [2.45, 2.75) is 87.3 Å². The molecule has 2 aliphatic heterocycles. The highest BCUT2D eigenvalue weighted by atomic mass is 35.5. The molecule has 2 aromatic carbocycles. The third-order valence-corrected chi connectivity index (χ3v) is 10.9. The van der Waals surface area contributed by atoms with Crippen molar-refractivity contribution in [3.8, 4) is 5.75 Å². The molecule has 1 amide bonds. The normalized spacial score (nSPS) is 24.9. The number of halogens is 5. The van der Waals surface area contributed by atoms with E-state index < -0.39 is 38.7 Å². The van der Waals surface area contributed by atoms with E-state index in [2.05, 4.69) is 4.90 Å². The number of fused-ring (bicyclic) bond motifs is 2. The standard InChI is InChI=1S/C29H31ClF4N2O4S/c30-25-8-3-19(29(32,33)34)11-18(25)14-36-20-4-5-21(36)10-16(9-20)15-40-27-13-26(31)24(12-23(27)17-1-2-17)28(37)35-41(38,39)22-6-7-22/h3,8,11-13,16-17,20-22H,1-2,4-7,9-10,14-15H2,(H,35,37)/t16-,20+,21-. The summed E-state index contributed by atoms with van der Waals surface area (Å²) < 4.78 is 87.3. The van der Waals surface area contributed by atoms with Gasteiger partial charge in [-0.2, -0.15) is 13.2 Å². The molecule has 0 unspecified atom stereocenters. The van der Waals surface area contributed by atoms with Gasteiger partial charge in [-0.25, -0.2) is 17.5 Å². The molecule has 3 atom stereocenters. The number of hydrogen-bond acceptors (Lipinski definition) is 5. The summed E-state index contributed by atoms with van der Waals surface area (Å²) in [5, 5.41) is -0.275. The quantitative estimate of drug-likeness (QED) is 0.330. The molecule has 6 nitrogen and oxygen atoms in total. The van der Waals surface area contributed by atoms with E-state index in [0.29, 0.717) is 47.9 Å². The lowest BCUT2D eigenvalue weighted by Crippen LogP contribution is -2.43. The Morgan fingerprint density at radius 2 is 1.71 bits per heavy atom. The van der Waals surface area contributed by atoms with Crippen LogP contribution in [0.1, 0.15) is 84.3 Å². The number of hydrogen-bond donors (Lipinski definition) is 1. The third-order valence-electron chi connectivity index (χ3n) is 8.74. The van der Waals surface area contributed by atoms with Gasteiger partial charge in [-0.1, -0.05) is 11.6 Å². The first-order chi connectivity index (χ1) is 19.4. The molecule has 4 aliphatic rings. The molecule has 222 valence electrons. The summed E-state index contributed by atoms with van der Waals surface area (Å²) in [4.78, 5) is 14.9. The van der Waals surface area contributed by atoms with Crippen molar-refractivity contribution in [1.29, 1.82) is 0 Å². The van der Waals surface area contributed by atoms with Crippen LogP contribution in [-0.2, 0) is 22.7 Å². The van der Waals surface area contributed by atoms with Crippen LogP contribution in [0, 0.1) is 11.7 Å². The molecule has 41 heavy (non-hydrogen) atoms. The molecule has 12 heteroatoms. The van der Waals surface area contributed by atoms with Crippen molar-refractivity contribution in [3.63, 3.8) is 0 Å². The number of ether oxygens (including phenoxy) is 1. The number of nitrogens with zero attached hydrogens (tertiary/aromatic N) is 1. The van der Waals surface area contributed by atoms with E-state index in [1.807, 2.05) is 4.72 Å². The predicted octanol–water partition coefficient (Wildman–Crippen LogP) is 6.42. The van der Waals surface area contributed by atoms with Gasteiger partial charge in [0.25, 0.3) is 5.91 Å². The van der Waals surface area contributed by atoms with Crippen LogP contribution in [0.3, 0.4) is 0 Å². The van der Waals surface area contributed by atoms with Crippen molar-refractivity contribution >= 4 is 27.5 Å². The van der Waals surface area contributed by atoms with E-state index >= 15 is 4.39 Å². The summed E-state index contributed by atoms with van der Waals surface area (Å²) >= 11 is 6.26. The zero-order valence-corrected chi connectivity index (χ0v) is 23.8. The average Bonchev–Trinajstić information content (AvgIpc) is 3.80. The van der Waals surface area contributed by atoms with Crippen LogP contribution < -0.4 is 9.46 Å². The van der Waals surface area contributed by atoms with Gasteiger partial charge in [0.15, 0.2) is 0 Å². The molecular formula is C29H31ClF4N2O4S. The monoisotopic (exact) mass is 614 g/mol. The Morgan fingerprint density at radius 3 is 2.32 bits per heavy atom. The maximum atomic E-state index is 15.0. The number of amides is 1. The van der Waals surface area contributed by atoms with Gasteiger partial charge >= 0.3 is 6.18 Å². The first-order valence-corrected chi connectivity index (χ1v) is 15.9. The van der Waals surface area contributed by atoms with Gasteiger partial charge in [-0.15, -0.1) is 0 Å². The van der Waals surface area contributed by atoms with Crippen molar-refractivity contribution in [2.75, 3.05) is 6.61 Å². The van der Waals surface area contributed by atoms with Crippen LogP contribution >= 0.6 is 11.6 Å². The molecule has 2 heterocycles. The highest BCUT2D eigenvalue weighted by Crippen LogP contribution is 2.46. The Labute approximate surface area is 241 Å². The zero-order chi connectivity index (χ0) is 29.1. The van der Waals surface area contributed by atoms with E-state index in [1.165, 1.54) is 18.2 Å². The molecule has 2 saturated heterocycles. The van der Waals surface area contributed by atoms with Crippen molar-refractivity contribution in [1.82, 2.24) is 9.62 Å². The number of carbonyl (C=O) groups excluding carboxylic acids is 1. The summed E-state index contributed by atoms with van der Waals surface area (Å²) in [7, 11) is -3.80. The summed E-state index contributed by atoms with van der Waals surface area (Å²) in [6.45, 7) is 0.703. The number of alkyl halides is 3. The van der Waals surface area contributed by atoms with E-state index in [-0.39, 0.29) is 29.5 Å². The molecule has 6 rings (SSSR count). The molecule has 2 aromatic rings. The smallest absolute Gasteiger partial charge is 0.416 e. The van der Waals surface area contributed by atoms with E-state index in [4.69, 9.17) is 16.3 Å². The van der Waals surface area contributed by atoms with E-state index in [1.54, 1.807) is 0 Å². The minimum Gasteiger partial charge on any atom is -0.493 e. The number of benzene rings is 2. The topological polar surface area (TPSA) is 75.7 Å². The largest absolute Gasteiger partial charge is 0.493 e. The molecule has 2 bridgehead atoms. The van der Waals surface area contributed by atoms with Gasteiger partial charge in [-0.3, -0.25) is 9.69 Å². The Morgan fingerprint density at radius 1 is 1.02 bits per heavy atom. The van der Waals surface area contributed by atoms with Gasteiger partial charge in [0, 0.05) is 29.7 Å². The SMILES string of the molecule is O=C(NS(=O)(=O)C1CC1)c1cc(C2CC2)c(OC[C@H]2C[C@H]3CC[C@@H](C2)N3Cc2cc(C(F)(F)F)ccc2Cl)cc1F. The van der Waals surface area contributed by atoms with Crippen LogP contribution in [0.2, 0.25) is 5.02 Å². The van der Waals surface area contributed by atoms with Crippen LogP contribution in [0.4, 0.5) is 17.6 Å². The number of rotatable bonds is 9. The molecule has 1 N–H and O–H groups in total. The lowest BCUT2D eigenvalue weighted by atomic mass is 9.90. The first-order valence-electron chi connectivity index (χ1n) is 14.0. The van der Waals surface area contributed by atoms with Gasteiger partial charge in [0.1, 0.15) is 11.6 Å². The summed E-state index contributed by atoms with van der Waals surface area (Å²) in [5.41, 5.74) is 0.161. The maximum absolute atomic E-state index is 15.0. The molecule has 2 aliphatic carbocycles. The van der Waals surface area contributed by atoms with E-state index in [9.17, 15) is 26.4 Å². The number of piperidine rings is 1. The minimum atomic E-state index is -4.43. The average molecular weight is 615 g/mol. The van der Waals surface area contributed by atoms with Gasteiger partial charge < -0.3 is 4.74 Å². The summed E-state index contributed by atoms with van der Waals surface area (Å²) in [5.74, 6) is -1.11. The predicted molar refractivity (Wildman–Crippen MR) is 145 cm³/mol. The molecular weight excluding hydrogens is 584 g/mol. The van der Waals surface area contributed by atoms with Crippen molar-refractivity contribution < 1.29 is 35.5 Å². The molecule has 0 radical (unpaired) electrons. The molecule has 0 spiro atoms. The molecule has 4 fully saturated rings. The highest BCUT2D eigenvalue weighted by molar-refractivity contribution is 7.91. The lowest BCUT2D eigenvalue weighted by molar-refractivity contribution is -0.137. The second kappa shape index (κ2) is 10.7. The van der Waals surface area contributed by atoms with Crippen molar-refractivity contribution in [3.05, 3.63) is 63.4 Å². The molecule has 2 saturated carbocycles. The lowest BCUT2D eigenvalue weighted by Gasteiger charge is -2.39. The van der Waals surface area contributed by atoms with Gasteiger partial charge in [-0.05, 0) is 98.6 Å². The summed E-state index contributed by atoms with van der Waals surface area (Å²) in [6.07, 6.45) is 1.78. The second-order valence-corrected chi connectivity index (χ2v) is 14.2. The fourth-order valence-corrected chi connectivity index (χ4v) is 7.76.